The van der Waals surface area contributed by atoms with Crippen LogP contribution in [0.4, 0.5) is 0 Å². The van der Waals surface area contributed by atoms with Crippen molar-refractivity contribution in [1.82, 2.24) is 9.78 Å². The van der Waals surface area contributed by atoms with Gasteiger partial charge in [0, 0.05) is 0 Å². The summed E-state index contributed by atoms with van der Waals surface area (Å²) in [7, 11) is 0. The van der Waals surface area contributed by atoms with Gasteiger partial charge in [-0.2, -0.15) is 5.10 Å². The van der Waals surface area contributed by atoms with E-state index in [1.165, 1.54) is 47.1 Å². The van der Waals surface area contributed by atoms with E-state index in [1.807, 2.05) is 0 Å². The fraction of sp³-hybridized carbons (Fsp3) is 0.769. The number of hydrogen-bond acceptors (Lipinski definition) is 1. The minimum Gasteiger partial charge on any atom is -0.265 e. The summed E-state index contributed by atoms with van der Waals surface area (Å²) < 4.78 is 3.76. The molecule has 0 unspecified atom stereocenters. The van der Waals surface area contributed by atoms with Gasteiger partial charge in [0.1, 0.15) is 0 Å². The largest absolute Gasteiger partial charge is 0.265 e. The van der Waals surface area contributed by atoms with Gasteiger partial charge in [0.25, 0.3) is 0 Å². The standard InChI is InChI=1S/C13H21IN2/c1-3-11-13(14)12(4-2)16(15-11)10-8-6-5-7-9-10/h10H,3-9H2,1-2H3. The van der Waals surface area contributed by atoms with Crippen molar-refractivity contribution in [1.29, 1.82) is 0 Å². The van der Waals surface area contributed by atoms with Gasteiger partial charge in [-0.3, -0.25) is 4.68 Å². The molecule has 3 heteroatoms. The lowest BCUT2D eigenvalue weighted by molar-refractivity contribution is 0.321. The minimum absolute atomic E-state index is 0.678. The van der Waals surface area contributed by atoms with E-state index >= 15 is 0 Å². The molecule has 1 aliphatic carbocycles. The molecule has 0 amide bonds. The van der Waals surface area contributed by atoms with Crippen LogP contribution in [0.5, 0.6) is 0 Å². The van der Waals surface area contributed by atoms with Crippen LogP contribution in [0.2, 0.25) is 0 Å². The van der Waals surface area contributed by atoms with Crippen LogP contribution in [0.3, 0.4) is 0 Å². The predicted octanol–water partition coefficient (Wildman–Crippen LogP) is 4.12. The Kier molecular flexibility index (Phi) is 4.27. The van der Waals surface area contributed by atoms with Crippen molar-refractivity contribution < 1.29 is 0 Å². The van der Waals surface area contributed by atoms with E-state index in [0.29, 0.717) is 6.04 Å². The molecule has 90 valence electrons. The van der Waals surface area contributed by atoms with Crippen molar-refractivity contribution in [3.63, 3.8) is 0 Å². The maximum absolute atomic E-state index is 4.83. The second-order valence-corrected chi connectivity index (χ2v) is 5.73. The van der Waals surface area contributed by atoms with Gasteiger partial charge in [-0.05, 0) is 48.3 Å². The molecule has 1 aliphatic rings. The third-order valence-corrected chi connectivity index (χ3v) is 4.85. The highest BCUT2D eigenvalue weighted by Crippen LogP contribution is 2.31. The van der Waals surface area contributed by atoms with Gasteiger partial charge in [-0.15, -0.1) is 0 Å². The molecule has 0 radical (unpaired) electrons. The zero-order valence-corrected chi connectivity index (χ0v) is 12.5. The average Bonchev–Trinajstić information content (AvgIpc) is 2.66. The van der Waals surface area contributed by atoms with E-state index in [9.17, 15) is 0 Å². The molecule has 0 saturated heterocycles. The summed E-state index contributed by atoms with van der Waals surface area (Å²) >= 11 is 2.47. The Labute approximate surface area is 112 Å². The van der Waals surface area contributed by atoms with Crippen LogP contribution < -0.4 is 0 Å². The molecular formula is C13H21IN2. The molecule has 0 bridgehead atoms. The van der Waals surface area contributed by atoms with Crippen molar-refractivity contribution >= 4 is 22.6 Å². The second kappa shape index (κ2) is 5.52. The highest BCUT2D eigenvalue weighted by atomic mass is 127. The van der Waals surface area contributed by atoms with Crippen molar-refractivity contribution in [2.75, 3.05) is 0 Å². The molecule has 1 aromatic heterocycles. The Balaban J connectivity index is 2.31. The van der Waals surface area contributed by atoms with Crippen LogP contribution in [0.1, 0.15) is 63.4 Å². The first-order valence-electron chi connectivity index (χ1n) is 6.53. The van der Waals surface area contributed by atoms with Crippen molar-refractivity contribution in [3.05, 3.63) is 15.0 Å². The average molecular weight is 332 g/mol. The summed E-state index contributed by atoms with van der Waals surface area (Å²) in [6.45, 7) is 4.45. The highest BCUT2D eigenvalue weighted by Gasteiger charge is 2.21. The molecule has 1 saturated carbocycles. The maximum atomic E-state index is 4.83. The molecule has 0 N–H and O–H groups in total. The van der Waals surface area contributed by atoms with Crippen LogP contribution in [-0.2, 0) is 12.8 Å². The van der Waals surface area contributed by atoms with Crippen molar-refractivity contribution in [3.8, 4) is 0 Å². The summed E-state index contributed by atoms with van der Waals surface area (Å²) in [4.78, 5) is 0. The lowest BCUT2D eigenvalue weighted by Crippen LogP contribution is -2.16. The van der Waals surface area contributed by atoms with Crippen LogP contribution in [0.25, 0.3) is 0 Å². The predicted molar refractivity (Wildman–Crippen MR) is 75.8 cm³/mol. The number of halogens is 1. The summed E-state index contributed by atoms with van der Waals surface area (Å²) in [6, 6.07) is 0.678. The Morgan fingerprint density at radius 1 is 1.19 bits per heavy atom. The smallest absolute Gasteiger partial charge is 0.0758 e. The molecule has 1 fully saturated rings. The molecule has 0 aromatic carbocycles. The first-order valence-corrected chi connectivity index (χ1v) is 7.61. The van der Waals surface area contributed by atoms with Gasteiger partial charge in [0.2, 0.25) is 0 Å². The van der Waals surface area contributed by atoms with Crippen LogP contribution >= 0.6 is 22.6 Å². The number of hydrogen-bond donors (Lipinski definition) is 0. The molecule has 1 aromatic rings. The number of rotatable bonds is 3. The molecule has 0 spiro atoms. The Morgan fingerprint density at radius 2 is 1.88 bits per heavy atom. The molecule has 1 heterocycles. The van der Waals surface area contributed by atoms with Crippen molar-refractivity contribution in [2.45, 2.75) is 64.8 Å². The first kappa shape index (κ1) is 12.4. The lowest BCUT2D eigenvalue weighted by Gasteiger charge is -2.23. The number of nitrogens with zero attached hydrogens (tertiary/aromatic N) is 2. The van der Waals surface area contributed by atoms with Crippen LogP contribution in [0.15, 0.2) is 0 Å². The zero-order chi connectivity index (χ0) is 11.5. The second-order valence-electron chi connectivity index (χ2n) is 4.65. The lowest BCUT2D eigenvalue weighted by atomic mass is 9.95. The topological polar surface area (TPSA) is 17.8 Å². The van der Waals surface area contributed by atoms with E-state index in [1.54, 1.807) is 0 Å². The van der Waals surface area contributed by atoms with Crippen molar-refractivity contribution in [2.24, 2.45) is 0 Å². The molecule has 0 atom stereocenters. The summed E-state index contributed by atoms with van der Waals surface area (Å²) in [5.41, 5.74) is 2.76. The SMILES string of the molecule is CCc1nn(C2CCCCC2)c(CC)c1I. The van der Waals surface area contributed by atoms with E-state index in [0.717, 1.165) is 12.8 Å². The number of aromatic nitrogens is 2. The molecule has 2 nitrogen and oxygen atoms in total. The quantitative estimate of drug-likeness (QED) is 0.762. The summed E-state index contributed by atoms with van der Waals surface area (Å²) in [5.74, 6) is 0. The van der Waals surface area contributed by atoms with Crippen LogP contribution in [0, 0.1) is 3.57 Å². The van der Waals surface area contributed by atoms with E-state index in [4.69, 9.17) is 5.10 Å². The zero-order valence-electron chi connectivity index (χ0n) is 10.3. The van der Waals surface area contributed by atoms with Gasteiger partial charge in [-0.25, -0.2) is 0 Å². The minimum atomic E-state index is 0.678. The van der Waals surface area contributed by atoms with Gasteiger partial charge in [0.05, 0.1) is 21.0 Å². The maximum Gasteiger partial charge on any atom is 0.0758 e. The van der Waals surface area contributed by atoms with Gasteiger partial charge in [-0.1, -0.05) is 33.1 Å². The fourth-order valence-corrected chi connectivity index (χ4v) is 3.79. The summed E-state index contributed by atoms with van der Waals surface area (Å²) in [6.07, 6.45) is 9.00. The van der Waals surface area contributed by atoms with Gasteiger partial charge < -0.3 is 0 Å². The Bertz CT molecular complexity index is 351. The van der Waals surface area contributed by atoms with E-state index < -0.39 is 0 Å². The molecular weight excluding hydrogens is 311 g/mol. The molecule has 0 aliphatic heterocycles. The van der Waals surface area contributed by atoms with E-state index in [2.05, 4.69) is 41.1 Å². The Morgan fingerprint density at radius 3 is 2.44 bits per heavy atom. The van der Waals surface area contributed by atoms with Crippen LogP contribution in [-0.4, -0.2) is 9.78 Å². The molecule has 2 rings (SSSR count). The highest BCUT2D eigenvalue weighted by molar-refractivity contribution is 14.1. The van der Waals surface area contributed by atoms with Gasteiger partial charge in [0.15, 0.2) is 0 Å². The third-order valence-electron chi connectivity index (χ3n) is 3.60. The molecule has 16 heavy (non-hydrogen) atoms. The van der Waals surface area contributed by atoms with E-state index in [-0.39, 0.29) is 0 Å². The Hall–Kier alpha value is -0.0600. The van der Waals surface area contributed by atoms with Gasteiger partial charge >= 0.3 is 0 Å². The third kappa shape index (κ3) is 2.29. The number of aryl methyl sites for hydroxylation is 1. The monoisotopic (exact) mass is 332 g/mol. The summed E-state index contributed by atoms with van der Waals surface area (Å²) in [5, 5.41) is 4.83. The fourth-order valence-electron chi connectivity index (χ4n) is 2.67. The first-order chi connectivity index (χ1) is 7.77. The normalized spacial score (nSPS) is 17.9.